The van der Waals surface area contributed by atoms with Gasteiger partial charge < -0.3 is 15.0 Å². The Bertz CT molecular complexity index is 415. The first kappa shape index (κ1) is 16.2. The zero-order chi connectivity index (χ0) is 15.1. The highest BCUT2D eigenvalue weighted by molar-refractivity contribution is 5.57. The molecule has 1 aromatic carbocycles. The average molecular weight is 290 g/mol. The molecular weight excluding hydrogens is 260 g/mol. The number of hydrogen-bond acceptors (Lipinski definition) is 3. The lowest BCUT2D eigenvalue weighted by Crippen LogP contribution is -2.45. The van der Waals surface area contributed by atoms with E-state index in [1.54, 1.807) is 7.11 Å². The maximum Gasteiger partial charge on any atom is 0.142 e. The van der Waals surface area contributed by atoms with E-state index in [1.165, 1.54) is 37.8 Å². The normalized spacial score (nSPS) is 17.5. The van der Waals surface area contributed by atoms with Gasteiger partial charge in [0.05, 0.1) is 12.8 Å². The fourth-order valence-corrected chi connectivity index (χ4v) is 3.52. The smallest absolute Gasteiger partial charge is 0.142 e. The molecule has 1 aromatic rings. The van der Waals surface area contributed by atoms with Gasteiger partial charge >= 0.3 is 0 Å². The van der Waals surface area contributed by atoms with Crippen LogP contribution >= 0.6 is 0 Å². The van der Waals surface area contributed by atoms with E-state index in [-0.39, 0.29) is 0 Å². The second-order valence-corrected chi connectivity index (χ2v) is 6.11. The Hall–Kier alpha value is -1.22. The van der Waals surface area contributed by atoms with Gasteiger partial charge in [0.1, 0.15) is 5.75 Å². The quantitative estimate of drug-likeness (QED) is 0.829. The van der Waals surface area contributed by atoms with E-state index >= 15 is 0 Å². The summed E-state index contributed by atoms with van der Waals surface area (Å²) in [5.41, 5.74) is 1.18. The zero-order valence-corrected chi connectivity index (χ0v) is 13.8. The van der Waals surface area contributed by atoms with Gasteiger partial charge in [-0.2, -0.15) is 0 Å². The predicted molar refractivity (Wildman–Crippen MR) is 90.3 cm³/mol. The van der Waals surface area contributed by atoms with Crippen molar-refractivity contribution >= 4 is 5.69 Å². The third kappa shape index (κ3) is 4.37. The minimum Gasteiger partial charge on any atom is -0.495 e. The van der Waals surface area contributed by atoms with E-state index in [0.29, 0.717) is 6.04 Å². The van der Waals surface area contributed by atoms with Crippen LogP contribution in [-0.4, -0.2) is 33.3 Å². The van der Waals surface area contributed by atoms with E-state index in [0.717, 1.165) is 24.8 Å². The van der Waals surface area contributed by atoms with Crippen molar-refractivity contribution in [2.45, 2.75) is 45.1 Å². The zero-order valence-electron chi connectivity index (χ0n) is 13.8. The summed E-state index contributed by atoms with van der Waals surface area (Å²) < 4.78 is 5.49. The molecule has 1 fully saturated rings. The minimum atomic E-state index is 0.574. The highest BCUT2D eigenvalue weighted by Gasteiger charge is 2.24. The number of nitrogens with zero attached hydrogens (tertiary/aromatic N) is 1. The molecule has 0 aromatic heterocycles. The van der Waals surface area contributed by atoms with Gasteiger partial charge in [-0.15, -0.1) is 0 Å². The first-order valence-electron chi connectivity index (χ1n) is 8.33. The van der Waals surface area contributed by atoms with Gasteiger partial charge in [-0.1, -0.05) is 38.3 Å². The van der Waals surface area contributed by atoms with Crippen LogP contribution < -0.4 is 15.0 Å². The number of likely N-dealkylation sites (N-methyl/N-ethyl adjacent to an activating group) is 2. The van der Waals surface area contributed by atoms with Crippen molar-refractivity contribution in [3.63, 3.8) is 0 Å². The van der Waals surface area contributed by atoms with Gasteiger partial charge in [-0.3, -0.25) is 0 Å². The van der Waals surface area contributed by atoms with Crippen molar-refractivity contribution in [1.29, 1.82) is 0 Å². The summed E-state index contributed by atoms with van der Waals surface area (Å²) in [4.78, 5) is 2.33. The lowest BCUT2D eigenvalue weighted by atomic mass is 9.83. The molecule has 2 rings (SSSR count). The van der Waals surface area contributed by atoms with Crippen LogP contribution in [0, 0.1) is 5.92 Å². The average Bonchev–Trinajstić information content (AvgIpc) is 2.55. The molecule has 118 valence electrons. The number of rotatable bonds is 7. The van der Waals surface area contributed by atoms with Crippen molar-refractivity contribution in [3.8, 4) is 5.75 Å². The van der Waals surface area contributed by atoms with Crippen molar-refractivity contribution in [2.24, 2.45) is 5.92 Å². The minimum absolute atomic E-state index is 0.574. The maximum absolute atomic E-state index is 5.49. The second-order valence-electron chi connectivity index (χ2n) is 6.11. The summed E-state index contributed by atoms with van der Waals surface area (Å²) in [6, 6.07) is 8.86. The van der Waals surface area contributed by atoms with Gasteiger partial charge in [0.2, 0.25) is 0 Å². The van der Waals surface area contributed by atoms with Gasteiger partial charge in [0.15, 0.2) is 0 Å². The summed E-state index contributed by atoms with van der Waals surface area (Å²) in [7, 11) is 3.92. The largest absolute Gasteiger partial charge is 0.495 e. The predicted octanol–water partition coefficient (Wildman–Crippen LogP) is 3.69. The molecule has 1 saturated carbocycles. The van der Waals surface area contributed by atoms with Gasteiger partial charge in [0, 0.05) is 19.6 Å². The van der Waals surface area contributed by atoms with Gasteiger partial charge in [0.25, 0.3) is 0 Å². The summed E-state index contributed by atoms with van der Waals surface area (Å²) >= 11 is 0. The number of benzene rings is 1. The summed E-state index contributed by atoms with van der Waals surface area (Å²) in [6.07, 6.45) is 6.95. The molecule has 1 atom stereocenters. The number of ether oxygens (including phenoxy) is 1. The highest BCUT2D eigenvalue weighted by Crippen LogP contribution is 2.30. The van der Waals surface area contributed by atoms with Crippen LogP contribution in [0.4, 0.5) is 5.69 Å². The first-order valence-corrected chi connectivity index (χ1v) is 8.33. The SMILES string of the molecule is CCNC(CN(C)c1ccccc1OC)C1CCCCC1. The van der Waals surface area contributed by atoms with Gasteiger partial charge in [-0.05, 0) is 37.4 Å². The molecule has 0 heterocycles. The summed E-state index contributed by atoms with van der Waals surface area (Å²) in [6.45, 7) is 4.29. The van der Waals surface area contributed by atoms with Crippen molar-refractivity contribution in [3.05, 3.63) is 24.3 Å². The number of para-hydroxylation sites is 2. The molecule has 0 radical (unpaired) electrons. The Kier molecular flexibility index (Phi) is 6.37. The molecule has 21 heavy (non-hydrogen) atoms. The van der Waals surface area contributed by atoms with Crippen LogP contribution in [0.1, 0.15) is 39.0 Å². The van der Waals surface area contributed by atoms with Crippen LogP contribution in [0.15, 0.2) is 24.3 Å². The van der Waals surface area contributed by atoms with E-state index in [1.807, 2.05) is 12.1 Å². The molecule has 1 aliphatic rings. The summed E-state index contributed by atoms with van der Waals surface area (Å²) in [5.74, 6) is 1.77. The standard InChI is InChI=1S/C18H30N2O/c1-4-19-16(15-10-6-5-7-11-15)14-20(2)17-12-8-9-13-18(17)21-3/h8-9,12-13,15-16,19H,4-7,10-11,14H2,1-3H3. The monoisotopic (exact) mass is 290 g/mol. The van der Waals surface area contributed by atoms with E-state index < -0.39 is 0 Å². The fourth-order valence-electron chi connectivity index (χ4n) is 3.52. The Balaban J connectivity index is 2.04. The van der Waals surface area contributed by atoms with Crippen molar-refractivity contribution < 1.29 is 4.74 Å². The lowest BCUT2D eigenvalue weighted by molar-refractivity contribution is 0.273. The molecule has 1 N–H and O–H groups in total. The topological polar surface area (TPSA) is 24.5 Å². The van der Waals surface area contributed by atoms with E-state index in [2.05, 4.69) is 36.3 Å². The van der Waals surface area contributed by atoms with Crippen LogP contribution in [0.5, 0.6) is 5.75 Å². The van der Waals surface area contributed by atoms with Crippen LogP contribution in [0.3, 0.4) is 0 Å². The number of nitrogens with one attached hydrogen (secondary N) is 1. The van der Waals surface area contributed by atoms with Crippen molar-refractivity contribution in [1.82, 2.24) is 5.32 Å². The van der Waals surface area contributed by atoms with Crippen molar-refractivity contribution in [2.75, 3.05) is 32.1 Å². The van der Waals surface area contributed by atoms with Gasteiger partial charge in [-0.25, -0.2) is 0 Å². The van der Waals surface area contributed by atoms with Crippen LogP contribution in [-0.2, 0) is 0 Å². The van der Waals surface area contributed by atoms with Crippen LogP contribution in [0.25, 0.3) is 0 Å². The molecule has 0 bridgehead atoms. The number of methoxy groups -OCH3 is 1. The number of hydrogen-bond donors (Lipinski definition) is 1. The first-order chi connectivity index (χ1) is 10.3. The molecule has 3 nitrogen and oxygen atoms in total. The van der Waals surface area contributed by atoms with E-state index in [4.69, 9.17) is 4.74 Å². The Morgan fingerprint density at radius 1 is 1.24 bits per heavy atom. The molecular formula is C18H30N2O. The molecule has 0 saturated heterocycles. The molecule has 0 spiro atoms. The van der Waals surface area contributed by atoms with Crippen LogP contribution in [0.2, 0.25) is 0 Å². The maximum atomic E-state index is 5.49. The molecule has 0 aliphatic heterocycles. The number of anilines is 1. The molecule has 1 unspecified atom stereocenters. The Morgan fingerprint density at radius 2 is 1.95 bits per heavy atom. The van der Waals surface area contributed by atoms with E-state index in [9.17, 15) is 0 Å². The molecule has 3 heteroatoms. The molecule has 0 amide bonds. The lowest BCUT2D eigenvalue weighted by Gasteiger charge is -2.34. The fraction of sp³-hybridized carbons (Fsp3) is 0.667. The third-order valence-electron chi connectivity index (χ3n) is 4.65. The second kappa shape index (κ2) is 8.28. The Labute approximate surface area is 129 Å². The highest BCUT2D eigenvalue weighted by atomic mass is 16.5. The third-order valence-corrected chi connectivity index (χ3v) is 4.65. The Morgan fingerprint density at radius 3 is 2.62 bits per heavy atom. The summed E-state index contributed by atoms with van der Waals surface area (Å²) in [5, 5.41) is 3.71. The molecule has 1 aliphatic carbocycles.